The van der Waals surface area contributed by atoms with Crippen LogP contribution in [0.3, 0.4) is 0 Å². The Morgan fingerprint density at radius 3 is 2.86 bits per heavy atom. The minimum absolute atomic E-state index is 0.137. The van der Waals surface area contributed by atoms with Crippen molar-refractivity contribution in [3.63, 3.8) is 0 Å². The number of pyridine rings is 1. The van der Waals surface area contributed by atoms with Crippen molar-refractivity contribution in [3.05, 3.63) is 66.0 Å². The van der Waals surface area contributed by atoms with Gasteiger partial charge in [0.15, 0.2) is 0 Å². The highest BCUT2D eigenvalue weighted by atomic mass is 16.6. The quantitative estimate of drug-likeness (QED) is 0.868. The van der Waals surface area contributed by atoms with Gasteiger partial charge in [0.05, 0.1) is 6.04 Å². The Balaban J connectivity index is 1.65. The molecule has 0 spiro atoms. The van der Waals surface area contributed by atoms with Crippen LogP contribution in [0, 0.1) is 0 Å². The van der Waals surface area contributed by atoms with Crippen molar-refractivity contribution in [1.82, 2.24) is 9.99 Å². The monoisotopic (exact) mass is 281 g/mol. The Labute approximate surface area is 122 Å². The summed E-state index contributed by atoms with van der Waals surface area (Å²) in [7, 11) is 0. The molecule has 1 atom stereocenters. The molecule has 0 fully saturated rings. The number of benzene rings is 1. The van der Waals surface area contributed by atoms with Crippen LogP contribution < -0.4 is 0 Å². The molecule has 0 bridgehead atoms. The van der Waals surface area contributed by atoms with Gasteiger partial charge in [0, 0.05) is 25.0 Å². The van der Waals surface area contributed by atoms with E-state index in [-0.39, 0.29) is 12.6 Å². The van der Waals surface area contributed by atoms with Crippen LogP contribution in [0.15, 0.2) is 60.0 Å². The predicted octanol–water partition coefficient (Wildman–Crippen LogP) is 3.15. The molecule has 3 rings (SSSR count). The van der Waals surface area contributed by atoms with E-state index in [4.69, 9.17) is 4.74 Å². The van der Waals surface area contributed by atoms with Crippen molar-refractivity contribution < 1.29 is 9.53 Å². The van der Waals surface area contributed by atoms with Crippen molar-refractivity contribution in [3.8, 4) is 0 Å². The highest BCUT2D eigenvalue weighted by Crippen LogP contribution is 2.28. The summed E-state index contributed by atoms with van der Waals surface area (Å²) >= 11 is 0. The molecule has 0 saturated carbocycles. The first kappa shape index (κ1) is 13.3. The van der Waals surface area contributed by atoms with Crippen LogP contribution in [0.2, 0.25) is 0 Å². The van der Waals surface area contributed by atoms with E-state index < -0.39 is 6.09 Å². The lowest BCUT2D eigenvalue weighted by molar-refractivity contribution is 0.0871. The molecule has 0 N–H and O–H groups in total. The Kier molecular flexibility index (Phi) is 3.91. The number of ether oxygens (including phenoxy) is 1. The van der Waals surface area contributed by atoms with E-state index in [2.05, 4.69) is 10.1 Å². The van der Waals surface area contributed by atoms with Gasteiger partial charge >= 0.3 is 6.09 Å². The van der Waals surface area contributed by atoms with E-state index in [1.165, 1.54) is 5.01 Å². The molecule has 2 heterocycles. The zero-order chi connectivity index (χ0) is 14.5. The molecule has 5 nitrogen and oxygen atoms in total. The fourth-order valence-corrected chi connectivity index (χ4v) is 2.23. The van der Waals surface area contributed by atoms with Crippen molar-refractivity contribution in [1.29, 1.82) is 0 Å². The van der Waals surface area contributed by atoms with E-state index in [9.17, 15) is 4.79 Å². The van der Waals surface area contributed by atoms with Crippen LogP contribution in [-0.4, -0.2) is 22.3 Å². The predicted molar refractivity (Wildman–Crippen MR) is 78.6 cm³/mol. The SMILES string of the molecule is O=C(OCc1ccccc1)N1N=CCC1c1cccnc1. The average Bonchev–Trinajstić information content (AvgIpc) is 3.04. The van der Waals surface area contributed by atoms with E-state index in [1.807, 2.05) is 42.5 Å². The minimum Gasteiger partial charge on any atom is -0.443 e. The summed E-state index contributed by atoms with van der Waals surface area (Å²) in [4.78, 5) is 16.3. The average molecular weight is 281 g/mol. The number of hydrogen-bond donors (Lipinski definition) is 0. The molecule has 21 heavy (non-hydrogen) atoms. The molecule has 5 heteroatoms. The van der Waals surface area contributed by atoms with E-state index in [1.54, 1.807) is 18.6 Å². The maximum atomic E-state index is 12.2. The highest BCUT2D eigenvalue weighted by Gasteiger charge is 2.29. The molecule has 0 aliphatic carbocycles. The number of amides is 1. The Morgan fingerprint density at radius 2 is 2.10 bits per heavy atom. The second-order valence-electron chi connectivity index (χ2n) is 4.72. The highest BCUT2D eigenvalue weighted by molar-refractivity contribution is 5.73. The molecule has 1 aromatic carbocycles. The lowest BCUT2D eigenvalue weighted by Crippen LogP contribution is -2.27. The van der Waals surface area contributed by atoms with Gasteiger partial charge in [-0.2, -0.15) is 10.1 Å². The van der Waals surface area contributed by atoms with Gasteiger partial charge < -0.3 is 4.74 Å². The maximum Gasteiger partial charge on any atom is 0.431 e. The van der Waals surface area contributed by atoms with Crippen LogP contribution in [0.4, 0.5) is 4.79 Å². The smallest absolute Gasteiger partial charge is 0.431 e. The number of carbonyl (C=O) groups is 1. The Morgan fingerprint density at radius 1 is 1.24 bits per heavy atom. The number of nitrogens with zero attached hydrogens (tertiary/aromatic N) is 3. The summed E-state index contributed by atoms with van der Waals surface area (Å²) < 4.78 is 5.32. The summed E-state index contributed by atoms with van der Waals surface area (Å²) in [6.45, 7) is 0.242. The second kappa shape index (κ2) is 6.17. The summed E-state index contributed by atoms with van der Waals surface area (Å²) in [5.41, 5.74) is 1.90. The maximum absolute atomic E-state index is 12.2. The van der Waals surface area contributed by atoms with Crippen LogP contribution in [-0.2, 0) is 11.3 Å². The van der Waals surface area contributed by atoms with Crippen LogP contribution in [0.5, 0.6) is 0 Å². The van der Waals surface area contributed by atoms with E-state index in [0.29, 0.717) is 6.42 Å². The molecule has 1 amide bonds. The van der Waals surface area contributed by atoms with Crippen molar-refractivity contribution in [2.24, 2.45) is 5.10 Å². The topological polar surface area (TPSA) is 54.8 Å². The molecule has 1 aliphatic rings. The Bertz CT molecular complexity index is 628. The molecule has 0 radical (unpaired) electrons. The summed E-state index contributed by atoms with van der Waals surface area (Å²) in [6, 6.07) is 13.2. The molecule has 1 aliphatic heterocycles. The zero-order valence-corrected chi connectivity index (χ0v) is 11.4. The third-order valence-corrected chi connectivity index (χ3v) is 3.29. The van der Waals surface area contributed by atoms with E-state index in [0.717, 1.165) is 11.1 Å². The molecule has 2 aromatic rings. The third kappa shape index (κ3) is 3.08. The number of hydrazone groups is 1. The molecular formula is C16H15N3O2. The summed E-state index contributed by atoms with van der Waals surface area (Å²) in [5, 5.41) is 5.49. The fourth-order valence-electron chi connectivity index (χ4n) is 2.23. The Hall–Kier alpha value is -2.69. The summed E-state index contributed by atoms with van der Waals surface area (Å²) in [6.07, 6.45) is 5.41. The molecule has 0 saturated heterocycles. The van der Waals surface area contributed by atoms with Gasteiger partial charge in [-0.15, -0.1) is 0 Å². The first-order valence-corrected chi connectivity index (χ1v) is 6.77. The normalized spacial score (nSPS) is 17.0. The number of aromatic nitrogens is 1. The first-order valence-electron chi connectivity index (χ1n) is 6.77. The van der Waals surface area contributed by atoms with Gasteiger partial charge in [-0.3, -0.25) is 4.98 Å². The second-order valence-corrected chi connectivity index (χ2v) is 4.72. The number of rotatable bonds is 3. The molecule has 1 unspecified atom stereocenters. The molecule has 1 aromatic heterocycles. The fraction of sp³-hybridized carbons (Fsp3) is 0.188. The van der Waals surface area contributed by atoms with E-state index >= 15 is 0 Å². The zero-order valence-electron chi connectivity index (χ0n) is 11.4. The van der Waals surface area contributed by atoms with Gasteiger partial charge in [0.2, 0.25) is 0 Å². The van der Waals surface area contributed by atoms with Crippen LogP contribution in [0.25, 0.3) is 0 Å². The largest absolute Gasteiger partial charge is 0.443 e. The van der Waals surface area contributed by atoms with Crippen LogP contribution in [0.1, 0.15) is 23.6 Å². The lowest BCUT2D eigenvalue weighted by atomic mass is 10.1. The molecular weight excluding hydrogens is 266 g/mol. The summed E-state index contributed by atoms with van der Waals surface area (Å²) in [5.74, 6) is 0. The van der Waals surface area contributed by atoms with Gasteiger partial charge in [0.25, 0.3) is 0 Å². The third-order valence-electron chi connectivity index (χ3n) is 3.29. The minimum atomic E-state index is -0.443. The van der Waals surface area contributed by atoms with Crippen molar-refractivity contribution in [2.75, 3.05) is 0 Å². The lowest BCUT2D eigenvalue weighted by Gasteiger charge is -2.21. The van der Waals surface area contributed by atoms with Gasteiger partial charge in [0.1, 0.15) is 6.61 Å². The number of hydrogen-bond acceptors (Lipinski definition) is 4. The standard InChI is InChI=1S/C16H15N3O2/c20-16(21-12-13-5-2-1-3-6-13)19-15(8-10-18-19)14-7-4-9-17-11-14/h1-7,9-11,15H,8,12H2. The molecule has 106 valence electrons. The number of carbonyl (C=O) groups excluding carboxylic acids is 1. The van der Waals surface area contributed by atoms with Crippen LogP contribution >= 0.6 is 0 Å². The first-order chi connectivity index (χ1) is 10.3. The van der Waals surface area contributed by atoms with Gasteiger partial charge in [-0.25, -0.2) is 4.79 Å². The van der Waals surface area contributed by atoms with Crippen molar-refractivity contribution >= 4 is 12.3 Å². The van der Waals surface area contributed by atoms with Gasteiger partial charge in [-0.05, 0) is 17.2 Å². The van der Waals surface area contributed by atoms with Gasteiger partial charge in [-0.1, -0.05) is 36.4 Å². The van der Waals surface area contributed by atoms with Crippen molar-refractivity contribution in [2.45, 2.75) is 19.1 Å².